The molecule has 0 N–H and O–H groups in total. The van der Waals surface area contributed by atoms with Gasteiger partial charge >= 0.3 is 0 Å². The Hall–Kier alpha value is -0.0400. The van der Waals surface area contributed by atoms with Crippen molar-refractivity contribution in [2.45, 2.75) is 53.0 Å². The monoisotopic (exact) mass is 183 g/mol. The maximum atomic E-state index is 2.71. The van der Waals surface area contributed by atoms with Crippen LogP contribution in [0, 0.1) is 11.8 Å². The highest BCUT2D eigenvalue weighted by Gasteiger charge is 2.24. The lowest BCUT2D eigenvalue weighted by Gasteiger charge is -2.39. The molecule has 0 aliphatic carbocycles. The third-order valence-electron chi connectivity index (χ3n) is 3.03. The van der Waals surface area contributed by atoms with E-state index < -0.39 is 0 Å². The second kappa shape index (κ2) is 4.99. The summed E-state index contributed by atoms with van der Waals surface area (Å²) >= 11 is 0. The standard InChI is InChI=1S/C12H25N/c1-10(2)9-13-8-6-5-7-12(13)11(3)4/h10-12H,5-9H2,1-4H3. The van der Waals surface area contributed by atoms with Gasteiger partial charge in [-0.25, -0.2) is 0 Å². The van der Waals surface area contributed by atoms with Crippen molar-refractivity contribution in [1.82, 2.24) is 4.90 Å². The van der Waals surface area contributed by atoms with Crippen molar-refractivity contribution in [3.05, 3.63) is 0 Å². The van der Waals surface area contributed by atoms with Gasteiger partial charge in [0.15, 0.2) is 0 Å². The van der Waals surface area contributed by atoms with Gasteiger partial charge in [-0.1, -0.05) is 34.1 Å². The molecule has 0 saturated carbocycles. The molecule has 1 saturated heterocycles. The van der Waals surface area contributed by atoms with Gasteiger partial charge in [-0.05, 0) is 31.2 Å². The van der Waals surface area contributed by atoms with Crippen LogP contribution in [-0.2, 0) is 0 Å². The fourth-order valence-electron chi connectivity index (χ4n) is 2.47. The summed E-state index contributed by atoms with van der Waals surface area (Å²) in [6, 6.07) is 0.858. The van der Waals surface area contributed by atoms with Crippen LogP contribution in [0.4, 0.5) is 0 Å². The van der Waals surface area contributed by atoms with Crippen LogP contribution < -0.4 is 0 Å². The molecule has 0 aromatic rings. The van der Waals surface area contributed by atoms with E-state index in [1.165, 1.54) is 32.4 Å². The van der Waals surface area contributed by atoms with Crippen LogP contribution in [0.1, 0.15) is 47.0 Å². The van der Waals surface area contributed by atoms with Crippen LogP contribution in [0.5, 0.6) is 0 Å². The lowest BCUT2D eigenvalue weighted by Crippen LogP contribution is -2.44. The van der Waals surface area contributed by atoms with E-state index in [0.717, 1.165) is 17.9 Å². The molecule has 1 rings (SSSR count). The zero-order valence-corrected chi connectivity index (χ0v) is 9.71. The summed E-state index contributed by atoms with van der Waals surface area (Å²) in [6.45, 7) is 12.0. The Morgan fingerprint density at radius 2 is 1.85 bits per heavy atom. The number of nitrogens with zero attached hydrogens (tertiary/aromatic N) is 1. The summed E-state index contributed by atoms with van der Waals surface area (Å²) < 4.78 is 0. The largest absolute Gasteiger partial charge is 0.300 e. The molecule has 1 heterocycles. The molecular formula is C12H25N. The molecule has 78 valence electrons. The van der Waals surface area contributed by atoms with Gasteiger partial charge in [0, 0.05) is 12.6 Å². The fraction of sp³-hybridized carbons (Fsp3) is 1.00. The minimum Gasteiger partial charge on any atom is -0.300 e. The van der Waals surface area contributed by atoms with Gasteiger partial charge in [0.2, 0.25) is 0 Å². The van der Waals surface area contributed by atoms with Gasteiger partial charge in [0.05, 0.1) is 0 Å². The van der Waals surface area contributed by atoms with Crippen LogP contribution in [0.2, 0.25) is 0 Å². The maximum Gasteiger partial charge on any atom is 0.0118 e. The molecule has 1 aliphatic heterocycles. The number of piperidine rings is 1. The van der Waals surface area contributed by atoms with Crippen molar-refractivity contribution in [2.24, 2.45) is 11.8 Å². The first-order chi connectivity index (χ1) is 6.11. The van der Waals surface area contributed by atoms with Crippen molar-refractivity contribution in [2.75, 3.05) is 13.1 Å². The normalized spacial score (nSPS) is 25.8. The molecule has 1 heteroatoms. The van der Waals surface area contributed by atoms with E-state index in [1.807, 2.05) is 0 Å². The molecule has 1 nitrogen and oxygen atoms in total. The number of rotatable bonds is 3. The summed E-state index contributed by atoms with van der Waals surface area (Å²) in [7, 11) is 0. The van der Waals surface area contributed by atoms with Gasteiger partial charge in [-0.2, -0.15) is 0 Å². The third-order valence-corrected chi connectivity index (χ3v) is 3.03. The van der Waals surface area contributed by atoms with E-state index >= 15 is 0 Å². The van der Waals surface area contributed by atoms with Crippen molar-refractivity contribution in [3.8, 4) is 0 Å². The Bertz CT molecular complexity index is 140. The molecule has 0 spiro atoms. The zero-order valence-electron chi connectivity index (χ0n) is 9.71. The van der Waals surface area contributed by atoms with Crippen molar-refractivity contribution in [3.63, 3.8) is 0 Å². The third kappa shape index (κ3) is 3.30. The Kier molecular flexibility index (Phi) is 4.24. The van der Waals surface area contributed by atoms with Crippen LogP contribution in [-0.4, -0.2) is 24.0 Å². The number of hydrogen-bond acceptors (Lipinski definition) is 1. The van der Waals surface area contributed by atoms with Crippen molar-refractivity contribution in [1.29, 1.82) is 0 Å². The van der Waals surface area contributed by atoms with Gasteiger partial charge in [0.1, 0.15) is 0 Å². The second-order valence-corrected chi connectivity index (χ2v) is 5.20. The molecule has 1 fully saturated rings. The molecule has 0 amide bonds. The molecule has 1 atom stereocenters. The molecule has 0 aromatic carbocycles. The summed E-state index contributed by atoms with van der Waals surface area (Å²) in [5.74, 6) is 1.65. The average Bonchev–Trinajstić information content (AvgIpc) is 2.03. The zero-order chi connectivity index (χ0) is 9.84. The highest BCUT2D eigenvalue weighted by atomic mass is 15.2. The van der Waals surface area contributed by atoms with E-state index in [1.54, 1.807) is 0 Å². The van der Waals surface area contributed by atoms with E-state index in [-0.39, 0.29) is 0 Å². The Morgan fingerprint density at radius 1 is 1.15 bits per heavy atom. The molecule has 1 unspecified atom stereocenters. The highest BCUT2D eigenvalue weighted by Crippen LogP contribution is 2.23. The van der Waals surface area contributed by atoms with E-state index in [2.05, 4.69) is 32.6 Å². The van der Waals surface area contributed by atoms with Gasteiger partial charge < -0.3 is 0 Å². The summed E-state index contributed by atoms with van der Waals surface area (Å²) in [5, 5.41) is 0. The predicted octanol–water partition coefficient (Wildman–Crippen LogP) is 3.15. The Labute approximate surface area is 83.5 Å². The lowest BCUT2D eigenvalue weighted by molar-refractivity contribution is 0.0989. The number of likely N-dealkylation sites (tertiary alicyclic amines) is 1. The van der Waals surface area contributed by atoms with E-state index in [0.29, 0.717) is 0 Å². The van der Waals surface area contributed by atoms with Crippen LogP contribution in [0.15, 0.2) is 0 Å². The van der Waals surface area contributed by atoms with Crippen LogP contribution in [0.25, 0.3) is 0 Å². The lowest BCUT2D eigenvalue weighted by atomic mass is 9.92. The Balaban J connectivity index is 2.46. The number of hydrogen-bond donors (Lipinski definition) is 0. The first-order valence-corrected chi connectivity index (χ1v) is 5.85. The average molecular weight is 183 g/mol. The fourth-order valence-corrected chi connectivity index (χ4v) is 2.47. The van der Waals surface area contributed by atoms with Crippen molar-refractivity contribution >= 4 is 0 Å². The van der Waals surface area contributed by atoms with Gasteiger partial charge in [0.25, 0.3) is 0 Å². The topological polar surface area (TPSA) is 3.24 Å². The second-order valence-electron chi connectivity index (χ2n) is 5.20. The first kappa shape index (κ1) is 11.0. The molecular weight excluding hydrogens is 158 g/mol. The quantitative estimate of drug-likeness (QED) is 0.649. The molecule has 0 radical (unpaired) electrons. The molecule has 0 aromatic heterocycles. The van der Waals surface area contributed by atoms with Crippen LogP contribution in [0.3, 0.4) is 0 Å². The van der Waals surface area contributed by atoms with Crippen molar-refractivity contribution < 1.29 is 0 Å². The summed E-state index contributed by atoms with van der Waals surface area (Å²) in [5.41, 5.74) is 0. The minimum absolute atomic E-state index is 0.819. The first-order valence-electron chi connectivity index (χ1n) is 5.85. The SMILES string of the molecule is CC(C)CN1CCCCC1C(C)C. The highest BCUT2D eigenvalue weighted by molar-refractivity contribution is 4.79. The molecule has 1 aliphatic rings. The smallest absolute Gasteiger partial charge is 0.0118 e. The molecule has 0 bridgehead atoms. The summed E-state index contributed by atoms with van der Waals surface area (Å²) in [6.07, 6.45) is 4.28. The Morgan fingerprint density at radius 3 is 2.38 bits per heavy atom. The van der Waals surface area contributed by atoms with Gasteiger partial charge in [-0.15, -0.1) is 0 Å². The predicted molar refractivity (Wildman–Crippen MR) is 58.9 cm³/mol. The van der Waals surface area contributed by atoms with E-state index in [9.17, 15) is 0 Å². The molecule has 13 heavy (non-hydrogen) atoms. The van der Waals surface area contributed by atoms with E-state index in [4.69, 9.17) is 0 Å². The maximum absolute atomic E-state index is 2.71. The summed E-state index contributed by atoms with van der Waals surface area (Å²) in [4.78, 5) is 2.71. The minimum atomic E-state index is 0.819. The van der Waals surface area contributed by atoms with Gasteiger partial charge in [-0.3, -0.25) is 4.90 Å². The van der Waals surface area contributed by atoms with Crippen LogP contribution >= 0.6 is 0 Å².